The van der Waals surface area contributed by atoms with Crippen LogP contribution in [0.1, 0.15) is 58.7 Å². The van der Waals surface area contributed by atoms with Crippen LogP contribution < -0.4 is 5.32 Å². The van der Waals surface area contributed by atoms with E-state index in [0.29, 0.717) is 12.0 Å². The van der Waals surface area contributed by atoms with Crippen molar-refractivity contribution in [2.24, 2.45) is 5.92 Å². The molecule has 0 spiro atoms. The molecule has 1 amide bonds. The third kappa shape index (κ3) is 3.46. The monoisotopic (exact) mass is 288 g/mol. The van der Waals surface area contributed by atoms with Gasteiger partial charge in [-0.1, -0.05) is 58.0 Å². The van der Waals surface area contributed by atoms with Gasteiger partial charge in [0.25, 0.3) is 0 Å². The zero-order valence-electron chi connectivity index (χ0n) is 13.7. The Kier molecular flexibility index (Phi) is 5.40. The Morgan fingerprint density at radius 3 is 2.29 bits per heavy atom. The lowest BCUT2D eigenvalue weighted by atomic mass is 10.0. The molecule has 1 fully saturated rings. The molecule has 1 aromatic rings. The highest BCUT2D eigenvalue weighted by Crippen LogP contribution is 2.31. The molecule has 0 aliphatic carbocycles. The van der Waals surface area contributed by atoms with Crippen molar-refractivity contribution in [1.29, 1.82) is 0 Å². The minimum Gasteiger partial charge on any atom is -0.319 e. The molecule has 0 radical (unpaired) electrons. The summed E-state index contributed by atoms with van der Waals surface area (Å²) in [6.07, 6.45) is 2.93. The van der Waals surface area contributed by atoms with Crippen LogP contribution in [0.4, 0.5) is 0 Å². The van der Waals surface area contributed by atoms with Crippen molar-refractivity contribution in [2.45, 2.75) is 65.2 Å². The highest BCUT2D eigenvalue weighted by atomic mass is 16.2. The number of nitrogens with one attached hydrogen (secondary N) is 1. The van der Waals surface area contributed by atoms with E-state index < -0.39 is 0 Å². The maximum atomic E-state index is 12.8. The molecular weight excluding hydrogens is 260 g/mol. The summed E-state index contributed by atoms with van der Waals surface area (Å²) in [4.78, 5) is 14.9. The summed E-state index contributed by atoms with van der Waals surface area (Å²) in [5, 5.41) is 3.56. The third-order valence-corrected chi connectivity index (χ3v) is 4.35. The Hall–Kier alpha value is -1.35. The summed E-state index contributed by atoms with van der Waals surface area (Å²) < 4.78 is 0. The van der Waals surface area contributed by atoms with Gasteiger partial charge in [-0.3, -0.25) is 10.1 Å². The standard InChI is InChI=1S/C18H28N2O/c1-5-15(6-2)20-17(14-10-8-7-9-11-14)19-16(18(20)21)12-13(3)4/h7-11,13,15-17,19H,5-6,12H2,1-4H3. The van der Waals surface area contributed by atoms with Gasteiger partial charge in [-0.05, 0) is 30.7 Å². The summed E-state index contributed by atoms with van der Waals surface area (Å²) in [6, 6.07) is 10.6. The number of amides is 1. The van der Waals surface area contributed by atoms with Gasteiger partial charge in [0.2, 0.25) is 5.91 Å². The summed E-state index contributed by atoms with van der Waals surface area (Å²) in [6.45, 7) is 8.68. The molecule has 3 nitrogen and oxygen atoms in total. The van der Waals surface area contributed by atoms with Crippen molar-refractivity contribution in [2.75, 3.05) is 0 Å². The fourth-order valence-corrected chi connectivity index (χ4v) is 3.25. The molecule has 2 rings (SSSR count). The number of hydrogen-bond acceptors (Lipinski definition) is 2. The summed E-state index contributed by atoms with van der Waals surface area (Å²) >= 11 is 0. The highest BCUT2D eigenvalue weighted by Gasteiger charge is 2.42. The zero-order valence-corrected chi connectivity index (χ0v) is 13.7. The van der Waals surface area contributed by atoms with Crippen LogP contribution in [0.3, 0.4) is 0 Å². The van der Waals surface area contributed by atoms with Crippen LogP contribution in [0.15, 0.2) is 30.3 Å². The first-order chi connectivity index (χ1) is 10.1. The number of hydrogen-bond donors (Lipinski definition) is 1. The Morgan fingerprint density at radius 2 is 1.76 bits per heavy atom. The molecule has 1 aliphatic heterocycles. The summed E-state index contributed by atoms with van der Waals surface area (Å²) in [7, 11) is 0. The molecule has 21 heavy (non-hydrogen) atoms. The number of rotatable bonds is 6. The van der Waals surface area contributed by atoms with E-state index in [9.17, 15) is 4.79 Å². The van der Waals surface area contributed by atoms with Gasteiger partial charge in [0.1, 0.15) is 6.17 Å². The zero-order chi connectivity index (χ0) is 15.4. The first kappa shape index (κ1) is 16.0. The number of nitrogens with zero attached hydrogens (tertiary/aromatic N) is 1. The maximum Gasteiger partial charge on any atom is 0.241 e. The van der Waals surface area contributed by atoms with E-state index in [0.717, 1.165) is 19.3 Å². The van der Waals surface area contributed by atoms with E-state index in [1.54, 1.807) is 0 Å². The van der Waals surface area contributed by atoms with Gasteiger partial charge in [0, 0.05) is 6.04 Å². The molecule has 1 heterocycles. The molecule has 1 aromatic carbocycles. The molecule has 116 valence electrons. The Bertz CT molecular complexity index is 454. The van der Waals surface area contributed by atoms with Crippen LogP contribution in [0.2, 0.25) is 0 Å². The summed E-state index contributed by atoms with van der Waals surface area (Å²) in [5.41, 5.74) is 1.18. The van der Waals surface area contributed by atoms with Crippen LogP contribution in [0, 0.1) is 5.92 Å². The van der Waals surface area contributed by atoms with E-state index in [1.165, 1.54) is 5.56 Å². The fraction of sp³-hybridized carbons (Fsp3) is 0.611. The minimum absolute atomic E-state index is 0.0207. The molecule has 2 atom stereocenters. The van der Waals surface area contributed by atoms with Crippen LogP contribution >= 0.6 is 0 Å². The van der Waals surface area contributed by atoms with E-state index in [-0.39, 0.29) is 18.1 Å². The molecule has 0 aromatic heterocycles. The summed E-state index contributed by atoms with van der Waals surface area (Å²) in [5.74, 6) is 0.788. The number of benzene rings is 1. The minimum atomic E-state index is -0.0455. The lowest BCUT2D eigenvalue weighted by Gasteiger charge is -2.31. The van der Waals surface area contributed by atoms with Crippen LogP contribution in [-0.4, -0.2) is 22.9 Å². The van der Waals surface area contributed by atoms with E-state index in [4.69, 9.17) is 0 Å². The van der Waals surface area contributed by atoms with Crippen LogP contribution in [-0.2, 0) is 4.79 Å². The molecule has 1 saturated heterocycles. The first-order valence-electron chi connectivity index (χ1n) is 8.21. The topological polar surface area (TPSA) is 32.3 Å². The van der Waals surface area contributed by atoms with Gasteiger partial charge >= 0.3 is 0 Å². The van der Waals surface area contributed by atoms with Crippen molar-refractivity contribution in [3.05, 3.63) is 35.9 Å². The van der Waals surface area contributed by atoms with Gasteiger partial charge in [-0.25, -0.2) is 0 Å². The highest BCUT2D eigenvalue weighted by molar-refractivity contribution is 5.85. The van der Waals surface area contributed by atoms with Crippen LogP contribution in [0.25, 0.3) is 0 Å². The number of carbonyl (C=O) groups is 1. The van der Waals surface area contributed by atoms with Gasteiger partial charge in [-0.2, -0.15) is 0 Å². The van der Waals surface area contributed by atoms with Gasteiger partial charge in [0.05, 0.1) is 6.04 Å². The van der Waals surface area contributed by atoms with Crippen molar-refractivity contribution < 1.29 is 4.79 Å². The quantitative estimate of drug-likeness (QED) is 0.865. The molecule has 0 bridgehead atoms. The van der Waals surface area contributed by atoms with Crippen molar-refractivity contribution in [3.8, 4) is 0 Å². The van der Waals surface area contributed by atoms with Crippen molar-refractivity contribution >= 4 is 5.91 Å². The van der Waals surface area contributed by atoms with Gasteiger partial charge in [0.15, 0.2) is 0 Å². The van der Waals surface area contributed by atoms with E-state index >= 15 is 0 Å². The Morgan fingerprint density at radius 1 is 1.14 bits per heavy atom. The average molecular weight is 288 g/mol. The largest absolute Gasteiger partial charge is 0.319 e. The van der Waals surface area contributed by atoms with Crippen LogP contribution in [0.5, 0.6) is 0 Å². The predicted octanol–water partition coefficient (Wildman–Crippen LogP) is 3.72. The fourth-order valence-electron chi connectivity index (χ4n) is 3.25. The van der Waals surface area contributed by atoms with Gasteiger partial charge in [-0.15, -0.1) is 0 Å². The molecule has 1 aliphatic rings. The first-order valence-corrected chi connectivity index (χ1v) is 8.21. The SMILES string of the molecule is CCC(CC)N1C(=O)C(CC(C)C)NC1c1ccccc1. The molecule has 0 saturated carbocycles. The molecule has 2 unspecified atom stereocenters. The second-order valence-corrected chi connectivity index (χ2v) is 6.38. The predicted molar refractivity (Wildman–Crippen MR) is 86.8 cm³/mol. The lowest BCUT2D eigenvalue weighted by Crippen LogP contribution is -2.39. The molecule has 3 heteroatoms. The third-order valence-electron chi connectivity index (χ3n) is 4.35. The van der Waals surface area contributed by atoms with E-state index in [2.05, 4.69) is 50.0 Å². The van der Waals surface area contributed by atoms with Crippen molar-refractivity contribution in [3.63, 3.8) is 0 Å². The second-order valence-electron chi connectivity index (χ2n) is 6.38. The second kappa shape index (κ2) is 7.08. The average Bonchev–Trinajstić information content (AvgIpc) is 2.79. The molecule has 1 N–H and O–H groups in total. The maximum absolute atomic E-state index is 12.8. The van der Waals surface area contributed by atoms with Gasteiger partial charge < -0.3 is 4.90 Å². The normalized spacial score (nSPS) is 22.6. The Balaban J connectivity index is 2.29. The molecular formula is C18H28N2O. The smallest absolute Gasteiger partial charge is 0.241 e. The van der Waals surface area contributed by atoms with Crippen molar-refractivity contribution in [1.82, 2.24) is 10.2 Å². The van der Waals surface area contributed by atoms with E-state index in [1.807, 2.05) is 18.2 Å². The Labute approximate surface area is 128 Å². The number of carbonyl (C=O) groups excluding carboxylic acids is 1. The lowest BCUT2D eigenvalue weighted by molar-refractivity contribution is -0.132.